The Morgan fingerprint density at radius 3 is 2.86 bits per heavy atom. The van der Waals surface area contributed by atoms with E-state index in [0.717, 1.165) is 54.0 Å². The number of aryl methyl sites for hydroxylation is 1. The number of rotatable bonds is 5. The Morgan fingerprint density at radius 1 is 1.21 bits per heavy atom. The standard InChI is InChI=1S/C22H26N6O/c1-14-15(2)26-20(22(29)23-3)27-21(14)28-11-9-18(13-28)25-12-17-7-4-6-16-8-5-10-24-19(16)17/h4-8,10,18,25H,9,11-13H2,1-3H3,(H,23,29)/t18-/m1/s1. The molecule has 1 aliphatic heterocycles. The summed E-state index contributed by atoms with van der Waals surface area (Å²) in [6.07, 6.45) is 2.86. The van der Waals surface area contributed by atoms with Crippen molar-refractivity contribution in [1.82, 2.24) is 25.6 Å². The molecule has 150 valence electrons. The van der Waals surface area contributed by atoms with Gasteiger partial charge in [-0.05, 0) is 31.9 Å². The molecule has 1 amide bonds. The fraction of sp³-hybridized carbons (Fsp3) is 0.364. The number of benzene rings is 1. The molecular weight excluding hydrogens is 364 g/mol. The van der Waals surface area contributed by atoms with Gasteiger partial charge in [0, 0.05) is 55.6 Å². The molecule has 0 aliphatic carbocycles. The lowest BCUT2D eigenvalue weighted by Gasteiger charge is -2.21. The van der Waals surface area contributed by atoms with Gasteiger partial charge in [-0.1, -0.05) is 24.3 Å². The van der Waals surface area contributed by atoms with Crippen molar-refractivity contribution in [2.24, 2.45) is 0 Å². The van der Waals surface area contributed by atoms with Crippen molar-refractivity contribution >= 4 is 22.6 Å². The molecule has 2 N–H and O–H groups in total. The quantitative estimate of drug-likeness (QED) is 0.696. The van der Waals surface area contributed by atoms with Crippen molar-refractivity contribution in [2.75, 3.05) is 25.0 Å². The largest absolute Gasteiger partial charge is 0.355 e. The van der Waals surface area contributed by atoms with Gasteiger partial charge in [0.15, 0.2) is 0 Å². The monoisotopic (exact) mass is 390 g/mol. The first kappa shape index (κ1) is 19.3. The molecule has 2 aromatic heterocycles. The highest BCUT2D eigenvalue weighted by Crippen LogP contribution is 2.24. The van der Waals surface area contributed by atoms with E-state index in [1.54, 1.807) is 7.05 Å². The minimum atomic E-state index is -0.258. The molecule has 1 atom stereocenters. The molecule has 0 saturated carbocycles. The Balaban J connectivity index is 1.47. The van der Waals surface area contributed by atoms with E-state index in [0.29, 0.717) is 6.04 Å². The van der Waals surface area contributed by atoms with Crippen LogP contribution in [0.5, 0.6) is 0 Å². The zero-order chi connectivity index (χ0) is 20.4. The molecule has 0 radical (unpaired) electrons. The molecule has 3 aromatic rings. The van der Waals surface area contributed by atoms with Crippen LogP contribution in [-0.2, 0) is 6.54 Å². The summed E-state index contributed by atoms with van der Waals surface area (Å²) in [4.78, 5) is 27.7. The molecule has 7 heteroatoms. The molecule has 1 fully saturated rings. The van der Waals surface area contributed by atoms with Gasteiger partial charge in [-0.15, -0.1) is 0 Å². The maximum atomic E-state index is 12.0. The topological polar surface area (TPSA) is 83.0 Å². The fourth-order valence-electron chi connectivity index (χ4n) is 3.82. The predicted molar refractivity (Wildman–Crippen MR) is 114 cm³/mol. The number of carbonyl (C=O) groups excluding carboxylic acids is 1. The molecular formula is C22H26N6O. The Morgan fingerprint density at radius 2 is 2.03 bits per heavy atom. The van der Waals surface area contributed by atoms with E-state index in [2.05, 4.69) is 54.8 Å². The van der Waals surface area contributed by atoms with Crippen molar-refractivity contribution in [3.05, 3.63) is 59.2 Å². The number of amides is 1. The number of para-hydroxylation sites is 1. The molecule has 1 saturated heterocycles. The third-order valence-corrected chi connectivity index (χ3v) is 5.58. The van der Waals surface area contributed by atoms with Gasteiger partial charge in [0.25, 0.3) is 5.91 Å². The maximum Gasteiger partial charge on any atom is 0.288 e. The van der Waals surface area contributed by atoms with E-state index in [-0.39, 0.29) is 11.7 Å². The number of fused-ring (bicyclic) bond motifs is 1. The minimum Gasteiger partial charge on any atom is -0.355 e. The molecule has 0 bridgehead atoms. The number of hydrogen-bond donors (Lipinski definition) is 2. The summed E-state index contributed by atoms with van der Waals surface area (Å²) >= 11 is 0. The van der Waals surface area contributed by atoms with E-state index >= 15 is 0 Å². The van der Waals surface area contributed by atoms with E-state index in [9.17, 15) is 4.79 Å². The number of aromatic nitrogens is 3. The molecule has 0 unspecified atom stereocenters. The fourth-order valence-corrected chi connectivity index (χ4v) is 3.82. The summed E-state index contributed by atoms with van der Waals surface area (Å²) in [5.41, 5.74) is 4.12. The Kier molecular flexibility index (Phi) is 5.40. The van der Waals surface area contributed by atoms with Gasteiger partial charge in [0.1, 0.15) is 5.82 Å². The zero-order valence-electron chi connectivity index (χ0n) is 17.1. The SMILES string of the molecule is CNC(=O)c1nc(C)c(C)c(N2CC[C@@H](NCc3cccc4cccnc34)C2)n1. The van der Waals surface area contributed by atoms with Crippen molar-refractivity contribution in [3.8, 4) is 0 Å². The van der Waals surface area contributed by atoms with E-state index in [1.807, 2.05) is 26.1 Å². The molecule has 1 aromatic carbocycles. The van der Waals surface area contributed by atoms with Crippen molar-refractivity contribution in [3.63, 3.8) is 0 Å². The second kappa shape index (κ2) is 8.13. The van der Waals surface area contributed by atoms with Crippen molar-refractivity contribution in [1.29, 1.82) is 0 Å². The molecule has 1 aliphatic rings. The van der Waals surface area contributed by atoms with Crippen LogP contribution in [0.1, 0.15) is 33.9 Å². The lowest BCUT2D eigenvalue weighted by atomic mass is 10.1. The second-order valence-electron chi connectivity index (χ2n) is 7.47. The van der Waals surface area contributed by atoms with E-state index in [4.69, 9.17) is 0 Å². The van der Waals surface area contributed by atoms with Crippen LogP contribution in [0, 0.1) is 13.8 Å². The Labute approximate surface area is 170 Å². The molecule has 7 nitrogen and oxygen atoms in total. The van der Waals surface area contributed by atoms with Crippen LogP contribution in [0.25, 0.3) is 10.9 Å². The summed E-state index contributed by atoms with van der Waals surface area (Å²) in [6.45, 7) is 6.46. The second-order valence-corrected chi connectivity index (χ2v) is 7.47. The Hall–Kier alpha value is -3.06. The molecule has 3 heterocycles. The maximum absolute atomic E-state index is 12.0. The van der Waals surface area contributed by atoms with Crippen LogP contribution < -0.4 is 15.5 Å². The highest BCUT2D eigenvalue weighted by molar-refractivity contribution is 5.90. The smallest absolute Gasteiger partial charge is 0.288 e. The number of pyridine rings is 1. The molecule has 0 spiro atoms. The summed E-state index contributed by atoms with van der Waals surface area (Å²) in [5, 5.41) is 7.44. The van der Waals surface area contributed by atoms with Gasteiger partial charge in [0.05, 0.1) is 5.52 Å². The zero-order valence-corrected chi connectivity index (χ0v) is 17.1. The minimum absolute atomic E-state index is 0.226. The van der Waals surface area contributed by atoms with E-state index < -0.39 is 0 Å². The van der Waals surface area contributed by atoms with Gasteiger partial charge >= 0.3 is 0 Å². The first-order chi connectivity index (χ1) is 14.1. The number of carbonyl (C=O) groups is 1. The van der Waals surface area contributed by atoms with Gasteiger partial charge < -0.3 is 15.5 Å². The third kappa shape index (κ3) is 3.91. The van der Waals surface area contributed by atoms with Crippen LogP contribution in [0.4, 0.5) is 5.82 Å². The van der Waals surface area contributed by atoms with Crippen LogP contribution in [0.2, 0.25) is 0 Å². The first-order valence-electron chi connectivity index (χ1n) is 9.95. The highest BCUT2D eigenvalue weighted by atomic mass is 16.2. The van der Waals surface area contributed by atoms with E-state index in [1.165, 1.54) is 5.56 Å². The number of hydrogen-bond acceptors (Lipinski definition) is 6. The lowest BCUT2D eigenvalue weighted by Crippen LogP contribution is -2.33. The normalized spacial score (nSPS) is 16.4. The predicted octanol–water partition coefficient (Wildman–Crippen LogP) is 2.37. The summed E-state index contributed by atoms with van der Waals surface area (Å²) in [7, 11) is 1.60. The van der Waals surface area contributed by atoms with Gasteiger partial charge in [0.2, 0.25) is 5.82 Å². The molecule has 29 heavy (non-hydrogen) atoms. The van der Waals surface area contributed by atoms with Crippen LogP contribution in [0.15, 0.2) is 36.5 Å². The van der Waals surface area contributed by atoms with Gasteiger partial charge in [-0.25, -0.2) is 9.97 Å². The average Bonchev–Trinajstić information content (AvgIpc) is 3.22. The van der Waals surface area contributed by atoms with Crippen molar-refractivity contribution in [2.45, 2.75) is 32.9 Å². The Bertz CT molecular complexity index is 1050. The summed E-state index contributed by atoms with van der Waals surface area (Å²) in [5.74, 6) is 0.822. The van der Waals surface area contributed by atoms with Crippen molar-refractivity contribution < 1.29 is 4.79 Å². The number of nitrogens with zero attached hydrogens (tertiary/aromatic N) is 4. The lowest BCUT2D eigenvalue weighted by molar-refractivity contribution is 0.0952. The van der Waals surface area contributed by atoms with Gasteiger partial charge in [-0.2, -0.15) is 0 Å². The third-order valence-electron chi connectivity index (χ3n) is 5.58. The summed E-state index contributed by atoms with van der Waals surface area (Å²) < 4.78 is 0. The number of nitrogens with one attached hydrogen (secondary N) is 2. The highest BCUT2D eigenvalue weighted by Gasteiger charge is 2.26. The van der Waals surface area contributed by atoms with Crippen LogP contribution in [-0.4, -0.2) is 47.0 Å². The number of anilines is 1. The van der Waals surface area contributed by atoms with Crippen LogP contribution >= 0.6 is 0 Å². The first-order valence-corrected chi connectivity index (χ1v) is 9.95. The molecule has 4 rings (SSSR count). The van der Waals surface area contributed by atoms with Gasteiger partial charge in [-0.3, -0.25) is 9.78 Å². The average molecular weight is 390 g/mol. The van der Waals surface area contributed by atoms with Crippen LogP contribution in [0.3, 0.4) is 0 Å². The summed E-state index contributed by atoms with van der Waals surface area (Å²) in [6, 6.07) is 10.7.